The second-order valence-electron chi connectivity index (χ2n) is 4.33. The zero-order valence-corrected chi connectivity index (χ0v) is 12.5. The fourth-order valence-corrected chi connectivity index (χ4v) is 2.98. The monoisotopic (exact) mass is 362 g/mol. The third-order valence-corrected chi connectivity index (χ3v) is 4.13. The van der Waals surface area contributed by atoms with Crippen molar-refractivity contribution >= 4 is 50.1 Å². The number of esters is 1. The molecule has 3 aromatic rings. The van der Waals surface area contributed by atoms with Crippen molar-refractivity contribution in [2.24, 2.45) is 0 Å². The first-order chi connectivity index (χ1) is 9.20. The van der Waals surface area contributed by atoms with Crippen LogP contribution in [0.5, 0.6) is 0 Å². The van der Waals surface area contributed by atoms with Crippen LogP contribution in [-0.2, 0) is 4.74 Å². The number of ether oxygens (including phenoxy) is 1. The summed E-state index contributed by atoms with van der Waals surface area (Å²) in [7, 11) is 1.41. The third-order valence-electron chi connectivity index (χ3n) is 3.24. The van der Waals surface area contributed by atoms with Crippen LogP contribution in [0.3, 0.4) is 0 Å². The van der Waals surface area contributed by atoms with Crippen LogP contribution in [0.2, 0.25) is 0 Å². The second kappa shape index (κ2) is 4.81. The minimum Gasteiger partial charge on any atom is -0.465 e. The van der Waals surface area contributed by atoms with Gasteiger partial charge in [-0.05, 0) is 56.3 Å². The Labute approximate surface area is 124 Å². The number of fused-ring (bicyclic) bond motifs is 3. The fourth-order valence-electron chi connectivity index (χ4n) is 2.29. The van der Waals surface area contributed by atoms with Gasteiger partial charge in [-0.1, -0.05) is 36.4 Å². The molecule has 0 atom stereocenters. The first-order valence-corrected chi connectivity index (χ1v) is 6.98. The average Bonchev–Trinajstić information content (AvgIpc) is 2.45. The van der Waals surface area contributed by atoms with E-state index in [0.717, 1.165) is 14.3 Å². The normalized spacial score (nSPS) is 10.8. The maximum atomic E-state index is 11.7. The standard InChI is InChI=1S/C16H11IO2/c1-19-16(18)14-8-11-7-6-10-4-2-3-5-12(10)13(11)9-15(14)17/h2-9H,1H3. The van der Waals surface area contributed by atoms with Gasteiger partial charge in [0.05, 0.1) is 12.7 Å². The smallest absolute Gasteiger partial charge is 0.338 e. The van der Waals surface area contributed by atoms with E-state index in [1.807, 2.05) is 30.3 Å². The topological polar surface area (TPSA) is 26.3 Å². The Morgan fingerprint density at radius 1 is 1.00 bits per heavy atom. The van der Waals surface area contributed by atoms with E-state index in [2.05, 4.69) is 40.8 Å². The lowest BCUT2D eigenvalue weighted by atomic mass is 10.0. The van der Waals surface area contributed by atoms with Gasteiger partial charge in [0.15, 0.2) is 0 Å². The molecule has 3 rings (SSSR count). The molecule has 94 valence electrons. The molecule has 0 heterocycles. The highest BCUT2D eigenvalue weighted by Gasteiger charge is 2.12. The SMILES string of the molecule is COC(=O)c1cc2ccc3ccccc3c2cc1I. The zero-order chi connectivity index (χ0) is 13.4. The Kier molecular flexibility index (Phi) is 3.14. The Hall–Kier alpha value is -1.62. The summed E-state index contributed by atoms with van der Waals surface area (Å²) in [4.78, 5) is 11.7. The highest BCUT2D eigenvalue weighted by atomic mass is 127. The lowest BCUT2D eigenvalue weighted by molar-refractivity contribution is 0.0599. The van der Waals surface area contributed by atoms with E-state index < -0.39 is 0 Å². The summed E-state index contributed by atoms with van der Waals surface area (Å²) < 4.78 is 5.72. The highest BCUT2D eigenvalue weighted by molar-refractivity contribution is 14.1. The molecule has 19 heavy (non-hydrogen) atoms. The highest BCUT2D eigenvalue weighted by Crippen LogP contribution is 2.29. The minimum atomic E-state index is -0.292. The van der Waals surface area contributed by atoms with Crippen LogP contribution in [0.25, 0.3) is 21.5 Å². The van der Waals surface area contributed by atoms with Crippen LogP contribution in [0, 0.1) is 3.57 Å². The summed E-state index contributed by atoms with van der Waals surface area (Å²) in [5.74, 6) is -0.292. The molecule has 0 aromatic heterocycles. The lowest BCUT2D eigenvalue weighted by Gasteiger charge is -2.08. The number of hydrogen-bond donors (Lipinski definition) is 0. The van der Waals surface area contributed by atoms with Crippen molar-refractivity contribution in [3.05, 3.63) is 57.7 Å². The van der Waals surface area contributed by atoms with Crippen molar-refractivity contribution in [2.75, 3.05) is 7.11 Å². The Balaban J connectivity index is 2.37. The molecule has 3 heteroatoms. The van der Waals surface area contributed by atoms with Crippen LogP contribution >= 0.6 is 22.6 Å². The van der Waals surface area contributed by atoms with Crippen LogP contribution in [0.15, 0.2) is 48.5 Å². The molecule has 0 saturated heterocycles. The van der Waals surface area contributed by atoms with Gasteiger partial charge < -0.3 is 4.74 Å². The van der Waals surface area contributed by atoms with E-state index in [1.165, 1.54) is 17.9 Å². The summed E-state index contributed by atoms with van der Waals surface area (Å²) in [6.45, 7) is 0. The van der Waals surface area contributed by atoms with Gasteiger partial charge >= 0.3 is 5.97 Å². The van der Waals surface area contributed by atoms with Crippen LogP contribution < -0.4 is 0 Å². The van der Waals surface area contributed by atoms with Gasteiger partial charge in [-0.3, -0.25) is 0 Å². The molecule has 0 aliphatic rings. The molecular weight excluding hydrogens is 351 g/mol. The number of carbonyl (C=O) groups is 1. The van der Waals surface area contributed by atoms with E-state index in [-0.39, 0.29) is 5.97 Å². The van der Waals surface area contributed by atoms with Gasteiger partial charge in [-0.15, -0.1) is 0 Å². The Bertz CT molecular complexity index is 793. The van der Waals surface area contributed by atoms with E-state index in [1.54, 1.807) is 0 Å². The van der Waals surface area contributed by atoms with Gasteiger partial charge in [-0.25, -0.2) is 4.79 Å². The molecule has 3 aromatic carbocycles. The maximum Gasteiger partial charge on any atom is 0.338 e. The molecule has 0 saturated carbocycles. The molecular formula is C16H11IO2. The number of hydrogen-bond acceptors (Lipinski definition) is 2. The van der Waals surface area contributed by atoms with Gasteiger partial charge in [0.2, 0.25) is 0 Å². The second-order valence-corrected chi connectivity index (χ2v) is 5.49. The lowest BCUT2D eigenvalue weighted by Crippen LogP contribution is -2.03. The van der Waals surface area contributed by atoms with E-state index in [4.69, 9.17) is 4.74 Å². The average molecular weight is 362 g/mol. The maximum absolute atomic E-state index is 11.7. The predicted molar refractivity (Wildman–Crippen MR) is 85.5 cm³/mol. The predicted octanol–water partition coefficient (Wildman–Crippen LogP) is 4.38. The number of carbonyl (C=O) groups excluding carboxylic acids is 1. The first-order valence-electron chi connectivity index (χ1n) is 5.90. The van der Waals surface area contributed by atoms with Crippen molar-refractivity contribution in [3.8, 4) is 0 Å². The molecule has 0 amide bonds. The number of benzene rings is 3. The third kappa shape index (κ3) is 2.08. The molecule has 0 unspecified atom stereocenters. The molecule has 0 aliphatic heterocycles. The summed E-state index contributed by atoms with van der Waals surface area (Å²) in [6.07, 6.45) is 0. The van der Waals surface area contributed by atoms with Gasteiger partial charge in [0.1, 0.15) is 0 Å². The Morgan fingerprint density at radius 2 is 1.74 bits per heavy atom. The van der Waals surface area contributed by atoms with Gasteiger partial charge in [-0.2, -0.15) is 0 Å². The molecule has 0 aliphatic carbocycles. The summed E-state index contributed by atoms with van der Waals surface area (Å²) in [5.41, 5.74) is 0.617. The molecule has 0 N–H and O–H groups in total. The molecule has 2 nitrogen and oxygen atoms in total. The van der Waals surface area contributed by atoms with Crippen molar-refractivity contribution in [1.29, 1.82) is 0 Å². The summed E-state index contributed by atoms with van der Waals surface area (Å²) in [6, 6.07) is 16.3. The van der Waals surface area contributed by atoms with Crippen molar-refractivity contribution in [1.82, 2.24) is 0 Å². The van der Waals surface area contributed by atoms with E-state index in [9.17, 15) is 4.79 Å². The summed E-state index contributed by atoms with van der Waals surface area (Å²) in [5, 5.41) is 4.63. The Morgan fingerprint density at radius 3 is 2.53 bits per heavy atom. The molecule has 0 radical (unpaired) electrons. The molecule has 0 bridgehead atoms. The van der Waals surface area contributed by atoms with E-state index in [0.29, 0.717) is 5.56 Å². The van der Waals surface area contributed by atoms with Crippen molar-refractivity contribution in [2.45, 2.75) is 0 Å². The summed E-state index contributed by atoms with van der Waals surface area (Å²) >= 11 is 2.18. The van der Waals surface area contributed by atoms with Crippen LogP contribution in [0.1, 0.15) is 10.4 Å². The zero-order valence-electron chi connectivity index (χ0n) is 10.3. The first kappa shape index (κ1) is 12.4. The van der Waals surface area contributed by atoms with E-state index >= 15 is 0 Å². The molecule has 0 spiro atoms. The van der Waals surface area contributed by atoms with Crippen LogP contribution in [-0.4, -0.2) is 13.1 Å². The van der Waals surface area contributed by atoms with Crippen LogP contribution in [0.4, 0.5) is 0 Å². The molecule has 0 fully saturated rings. The van der Waals surface area contributed by atoms with Gasteiger partial charge in [0.25, 0.3) is 0 Å². The fraction of sp³-hybridized carbons (Fsp3) is 0.0625. The largest absolute Gasteiger partial charge is 0.465 e. The van der Waals surface area contributed by atoms with Gasteiger partial charge in [0, 0.05) is 3.57 Å². The number of rotatable bonds is 1. The number of halogens is 1. The van der Waals surface area contributed by atoms with Crippen molar-refractivity contribution < 1.29 is 9.53 Å². The minimum absolute atomic E-state index is 0.292. The number of methoxy groups -OCH3 is 1. The van der Waals surface area contributed by atoms with Crippen molar-refractivity contribution in [3.63, 3.8) is 0 Å². The quantitative estimate of drug-likeness (QED) is 0.365.